The number of nitrogens with zero attached hydrogens (tertiary/aromatic N) is 4. The van der Waals surface area contributed by atoms with E-state index in [4.69, 9.17) is 0 Å². The summed E-state index contributed by atoms with van der Waals surface area (Å²) < 4.78 is 0. The molecule has 1 aromatic carbocycles. The van der Waals surface area contributed by atoms with E-state index in [-0.39, 0.29) is 11.6 Å². The van der Waals surface area contributed by atoms with Gasteiger partial charge in [0.2, 0.25) is 0 Å². The summed E-state index contributed by atoms with van der Waals surface area (Å²) in [4.78, 5) is 13.0. The lowest BCUT2D eigenvalue weighted by atomic mass is 9.66. The number of aliphatic imine (C=N–C) groups is 2. The van der Waals surface area contributed by atoms with Gasteiger partial charge in [0.05, 0.1) is 12.7 Å². The number of fused-ring (bicyclic) bond motifs is 3. The summed E-state index contributed by atoms with van der Waals surface area (Å²) in [5, 5.41) is 0. The van der Waals surface area contributed by atoms with E-state index < -0.39 is 0 Å². The molecule has 4 heteroatoms. The van der Waals surface area contributed by atoms with Crippen molar-refractivity contribution in [2.45, 2.75) is 38.3 Å². The van der Waals surface area contributed by atoms with Gasteiger partial charge in [-0.25, -0.2) is 9.98 Å². The quantitative estimate of drug-likeness (QED) is 0.775. The second-order valence-corrected chi connectivity index (χ2v) is 6.11. The molecule has 1 atom stereocenters. The maximum Gasteiger partial charge on any atom is 0.130 e. The summed E-state index contributed by atoms with van der Waals surface area (Å²) in [7, 11) is 2.04. The van der Waals surface area contributed by atoms with Gasteiger partial charge in [-0.3, -0.25) is 0 Å². The highest BCUT2D eigenvalue weighted by Gasteiger charge is 2.45. The van der Waals surface area contributed by atoms with Crippen LogP contribution in [0.1, 0.15) is 32.3 Å². The van der Waals surface area contributed by atoms with Crippen LogP contribution in [-0.2, 0) is 5.41 Å². The lowest BCUT2D eigenvalue weighted by Crippen LogP contribution is -2.55. The maximum absolute atomic E-state index is 4.52. The van der Waals surface area contributed by atoms with Crippen LogP contribution in [0.5, 0.6) is 0 Å². The van der Waals surface area contributed by atoms with E-state index in [0.717, 1.165) is 12.8 Å². The van der Waals surface area contributed by atoms with E-state index in [1.165, 1.54) is 16.8 Å². The minimum Gasteiger partial charge on any atom is -0.341 e. The smallest absolute Gasteiger partial charge is 0.130 e. The Kier molecular flexibility index (Phi) is 4.07. The number of para-hydroxylation sites is 1. The molecule has 2 aliphatic heterocycles. The fourth-order valence-electron chi connectivity index (χ4n) is 3.87. The minimum atomic E-state index is -0.0187. The Bertz CT molecular complexity index is 682. The van der Waals surface area contributed by atoms with Crippen LogP contribution in [0.25, 0.3) is 0 Å². The summed E-state index contributed by atoms with van der Waals surface area (Å²) in [6, 6.07) is 8.61. The molecule has 2 aliphatic rings. The van der Waals surface area contributed by atoms with Gasteiger partial charge >= 0.3 is 0 Å². The van der Waals surface area contributed by atoms with Crippen molar-refractivity contribution < 1.29 is 0 Å². The fraction of sp³-hybridized carbons (Fsp3) is 0.368. The van der Waals surface area contributed by atoms with Crippen LogP contribution in [0.2, 0.25) is 0 Å². The van der Waals surface area contributed by atoms with E-state index >= 15 is 0 Å². The Morgan fingerprint density at radius 1 is 1.09 bits per heavy atom. The van der Waals surface area contributed by atoms with Gasteiger partial charge in [-0.05, 0) is 30.0 Å². The zero-order valence-electron chi connectivity index (χ0n) is 14.1. The van der Waals surface area contributed by atoms with Crippen molar-refractivity contribution in [3.05, 3.63) is 54.4 Å². The van der Waals surface area contributed by atoms with Gasteiger partial charge in [0.25, 0.3) is 0 Å². The molecular formula is C19H24N4. The van der Waals surface area contributed by atoms with E-state index in [1.807, 2.05) is 19.7 Å². The molecule has 0 radical (unpaired) electrons. The van der Waals surface area contributed by atoms with Gasteiger partial charge < -0.3 is 9.80 Å². The predicted octanol–water partition coefficient (Wildman–Crippen LogP) is 3.92. The maximum atomic E-state index is 4.52. The third kappa shape index (κ3) is 2.29. The standard InChI is InChI=1S/C19H24N4/c1-5-19(6-2)15(3)18-22(4)13-20-11-12-21-14-23(18)17-10-8-7-9-16(17)19/h7-14,18H,3,5-6H2,1-2,4H3/b12-11-,20-13?,21-14?. The third-order valence-corrected chi connectivity index (χ3v) is 5.16. The lowest BCUT2D eigenvalue weighted by Gasteiger charge is -2.50. The van der Waals surface area contributed by atoms with Gasteiger partial charge in [0.15, 0.2) is 0 Å². The predicted molar refractivity (Wildman–Crippen MR) is 98.0 cm³/mol. The van der Waals surface area contributed by atoms with Crippen LogP contribution in [0.4, 0.5) is 5.69 Å². The molecule has 1 unspecified atom stereocenters. The highest BCUT2D eigenvalue weighted by Crippen LogP contribution is 2.49. The zero-order chi connectivity index (χ0) is 16.4. The van der Waals surface area contributed by atoms with E-state index in [0.29, 0.717) is 0 Å². The number of likely N-dealkylation sites (N-methyl/N-ethyl adjacent to an activating group) is 1. The topological polar surface area (TPSA) is 31.2 Å². The first kappa shape index (κ1) is 15.5. The SMILES string of the molecule is C=C1C2N(C)C=N/C=C\N=CN2c2ccccc2C1(CC)CC. The molecule has 0 aliphatic carbocycles. The number of benzene rings is 1. The number of hydrogen-bond donors (Lipinski definition) is 0. The largest absolute Gasteiger partial charge is 0.341 e. The molecule has 0 saturated heterocycles. The highest BCUT2D eigenvalue weighted by atomic mass is 15.4. The summed E-state index contributed by atoms with van der Waals surface area (Å²) in [6.07, 6.45) is 9.21. The van der Waals surface area contributed by atoms with E-state index in [9.17, 15) is 0 Å². The van der Waals surface area contributed by atoms with Crippen LogP contribution < -0.4 is 4.90 Å². The van der Waals surface area contributed by atoms with E-state index in [2.05, 4.69) is 64.5 Å². The third-order valence-electron chi connectivity index (χ3n) is 5.16. The highest BCUT2D eigenvalue weighted by molar-refractivity contribution is 5.86. The van der Waals surface area contributed by atoms with Crippen LogP contribution in [-0.4, -0.2) is 30.8 Å². The molecule has 0 amide bonds. The van der Waals surface area contributed by atoms with Crippen LogP contribution >= 0.6 is 0 Å². The van der Waals surface area contributed by atoms with Gasteiger partial charge in [-0.1, -0.05) is 38.6 Å². The molecule has 23 heavy (non-hydrogen) atoms. The minimum absolute atomic E-state index is 0.0113. The van der Waals surface area contributed by atoms with Crippen molar-refractivity contribution in [3.8, 4) is 0 Å². The molecule has 2 heterocycles. The van der Waals surface area contributed by atoms with Crippen molar-refractivity contribution in [3.63, 3.8) is 0 Å². The second-order valence-electron chi connectivity index (χ2n) is 6.11. The Morgan fingerprint density at radius 3 is 2.43 bits per heavy atom. The Morgan fingerprint density at radius 2 is 1.74 bits per heavy atom. The van der Waals surface area contributed by atoms with Crippen LogP contribution in [0.3, 0.4) is 0 Å². The van der Waals surface area contributed by atoms with Gasteiger partial charge in [-0.2, -0.15) is 0 Å². The average Bonchev–Trinajstić information content (AvgIpc) is 2.67. The van der Waals surface area contributed by atoms with Gasteiger partial charge in [0, 0.05) is 30.5 Å². The average molecular weight is 308 g/mol. The normalized spacial score (nSPS) is 23.6. The molecule has 4 nitrogen and oxygen atoms in total. The Labute approximate surface area is 138 Å². The number of anilines is 1. The van der Waals surface area contributed by atoms with Gasteiger partial charge in [-0.15, -0.1) is 0 Å². The molecule has 0 fully saturated rings. The Hall–Kier alpha value is -2.36. The number of rotatable bonds is 2. The summed E-state index contributed by atoms with van der Waals surface area (Å²) >= 11 is 0. The first-order valence-electron chi connectivity index (χ1n) is 8.16. The molecule has 0 bridgehead atoms. The second kappa shape index (κ2) is 6.03. The molecule has 1 aromatic rings. The van der Waals surface area contributed by atoms with Crippen molar-refractivity contribution >= 4 is 18.4 Å². The number of hydrogen-bond acceptors (Lipinski definition) is 4. The molecule has 0 aromatic heterocycles. The van der Waals surface area contributed by atoms with Gasteiger partial charge in [0.1, 0.15) is 6.17 Å². The first-order valence-corrected chi connectivity index (χ1v) is 8.16. The molecule has 3 rings (SSSR count). The first-order chi connectivity index (χ1) is 11.2. The summed E-state index contributed by atoms with van der Waals surface area (Å²) in [5.41, 5.74) is 3.72. The molecule has 0 spiro atoms. The molecule has 0 N–H and O–H groups in total. The van der Waals surface area contributed by atoms with Crippen LogP contribution in [0, 0.1) is 0 Å². The van der Waals surface area contributed by atoms with E-state index in [1.54, 1.807) is 12.4 Å². The fourth-order valence-corrected chi connectivity index (χ4v) is 3.87. The summed E-state index contributed by atoms with van der Waals surface area (Å²) in [5.74, 6) is 0. The van der Waals surface area contributed by atoms with Crippen molar-refractivity contribution in [2.75, 3.05) is 11.9 Å². The monoisotopic (exact) mass is 308 g/mol. The van der Waals surface area contributed by atoms with Crippen molar-refractivity contribution in [2.24, 2.45) is 9.98 Å². The van der Waals surface area contributed by atoms with Crippen molar-refractivity contribution in [1.29, 1.82) is 0 Å². The summed E-state index contributed by atoms with van der Waals surface area (Å²) in [6.45, 7) is 9.02. The molecule has 0 saturated carbocycles. The van der Waals surface area contributed by atoms with Crippen molar-refractivity contribution in [1.82, 2.24) is 4.90 Å². The van der Waals surface area contributed by atoms with Crippen LogP contribution in [0.15, 0.2) is 58.8 Å². The zero-order valence-corrected chi connectivity index (χ0v) is 14.1. The Balaban J connectivity index is 2.26. The molecular weight excluding hydrogens is 284 g/mol. The molecule has 120 valence electrons. The lowest BCUT2D eigenvalue weighted by molar-refractivity contribution is 0.339.